The quantitative estimate of drug-likeness (QED) is 0.452. The number of benzene rings is 3. The van der Waals surface area contributed by atoms with Crippen LogP contribution >= 0.6 is 0 Å². The molecule has 0 saturated heterocycles. The van der Waals surface area contributed by atoms with E-state index in [1.165, 1.54) is 11.3 Å². The maximum Gasteiger partial charge on any atom is 0.276 e. The third kappa shape index (κ3) is 4.29. The van der Waals surface area contributed by atoms with Crippen LogP contribution in [0.2, 0.25) is 0 Å². The van der Waals surface area contributed by atoms with Crippen LogP contribution in [-0.2, 0) is 6.61 Å². The lowest BCUT2D eigenvalue weighted by Gasteiger charge is -2.36. The monoisotopic (exact) mass is 439 g/mol. The van der Waals surface area contributed by atoms with E-state index in [4.69, 9.17) is 9.15 Å². The lowest BCUT2D eigenvalue weighted by atomic mass is 10.1. The number of para-hydroxylation sites is 1. The number of nitrogens with zero attached hydrogens (tertiary/aromatic N) is 1. The van der Waals surface area contributed by atoms with Crippen LogP contribution in [0, 0.1) is 0 Å². The van der Waals surface area contributed by atoms with Gasteiger partial charge in [0, 0.05) is 11.3 Å². The van der Waals surface area contributed by atoms with Crippen molar-refractivity contribution >= 4 is 17.5 Å². The average molecular weight is 439 g/mol. The molecule has 3 aromatic carbocycles. The molecule has 0 radical (unpaired) electrons. The first kappa shape index (κ1) is 20.4. The van der Waals surface area contributed by atoms with Gasteiger partial charge in [0.25, 0.3) is 11.8 Å². The number of furan rings is 1. The summed E-state index contributed by atoms with van der Waals surface area (Å²) in [6.45, 7) is 0.435. The highest BCUT2D eigenvalue weighted by molar-refractivity contribution is 6.03. The summed E-state index contributed by atoms with van der Waals surface area (Å²) in [5.41, 5.74) is 5.31. The lowest BCUT2D eigenvalue weighted by molar-refractivity contribution is 0.0467. The molecular formula is C26H21N3O4. The van der Waals surface area contributed by atoms with Crippen LogP contribution in [0.4, 0.5) is 5.69 Å². The van der Waals surface area contributed by atoms with Gasteiger partial charge in [-0.05, 0) is 54.1 Å². The fourth-order valence-corrected chi connectivity index (χ4v) is 3.63. The van der Waals surface area contributed by atoms with Crippen molar-refractivity contribution in [1.82, 2.24) is 10.4 Å². The van der Waals surface area contributed by atoms with Gasteiger partial charge in [0.2, 0.25) is 0 Å². The molecule has 7 heteroatoms. The smallest absolute Gasteiger partial charge is 0.276 e. The Balaban J connectivity index is 1.32. The maximum atomic E-state index is 13.2. The van der Waals surface area contributed by atoms with Gasteiger partial charge >= 0.3 is 0 Å². The zero-order valence-corrected chi connectivity index (χ0v) is 17.6. The molecule has 2 amide bonds. The van der Waals surface area contributed by atoms with E-state index in [0.29, 0.717) is 34.9 Å². The number of hydrazine groups is 1. The molecule has 0 unspecified atom stereocenters. The first-order valence-corrected chi connectivity index (χ1v) is 10.5. The van der Waals surface area contributed by atoms with Gasteiger partial charge in [0.15, 0.2) is 6.17 Å². The average Bonchev–Trinajstić information content (AvgIpc) is 3.40. The zero-order chi connectivity index (χ0) is 22.6. The summed E-state index contributed by atoms with van der Waals surface area (Å²) in [4.78, 5) is 26.1. The molecule has 1 aromatic heterocycles. The Labute approximate surface area is 190 Å². The number of ether oxygens (including phenoxy) is 1. The van der Waals surface area contributed by atoms with Crippen LogP contribution in [0.5, 0.6) is 5.75 Å². The number of fused-ring (bicyclic) bond motifs is 1. The Morgan fingerprint density at radius 2 is 1.70 bits per heavy atom. The van der Waals surface area contributed by atoms with Crippen molar-refractivity contribution in [3.8, 4) is 5.75 Å². The van der Waals surface area contributed by atoms with E-state index in [2.05, 4.69) is 10.7 Å². The molecule has 0 aliphatic carbocycles. The van der Waals surface area contributed by atoms with Crippen molar-refractivity contribution in [2.75, 3.05) is 5.32 Å². The lowest BCUT2D eigenvalue weighted by Crippen LogP contribution is -2.52. The summed E-state index contributed by atoms with van der Waals surface area (Å²) in [5, 5.41) is 4.51. The first-order valence-electron chi connectivity index (χ1n) is 10.5. The summed E-state index contributed by atoms with van der Waals surface area (Å²) in [5.74, 6) is 0.397. The van der Waals surface area contributed by atoms with E-state index in [0.717, 1.165) is 5.56 Å². The van der Waals surface area contributed by atoms with Crippen LogP contribution in [0.25, 0.3) is 0 Å². The van der Waals surface area contributed by atoms with Gasteiger partial charge in [-0.1, -0.05) is 42.5 Å². The van der Waals surface area contributed by atoms with Crippen LogP contribution < -0.4 is 15.5 Å². The summed E-state index contributed by atoms with van der Waals surface area (Å²) in [6.07, 6.45) is 0.843. The highest BCUT2D eigenvalue weighted by Gasteiger charge is 2.35. The molecule has 7 nitrogen and oxygen atoms in total. The fraction of sp³-hybridized carbons (Fsp3) is 0.0769. The van der Waals surface area contributed by atoms with Crippen LogP contribution in [0.1, 0.15) is 38.2 Å². The second-order valence-corrected chi connectivity index (χ2v) is 7.52. The molecule has 0 bridgehead atoms. The highest BCUT2D eigenvalue weighted by Crippen LogP contribution is 2.32. The van der Waals surface area contributed by atoms with Gasteiger partial charge in [-0.25, -0.2) is 5.01 Å². The molecule has 0 spiro atoms. The minimum Gasteiger partial charge on any atom is -0.489 e. The number of hydrogen-bond donors (Lipinski definition) is 2. The minimum absolute atomic E-state index is 0.332. The second-order valence-electron chi connectivity index (χ2n) is 7.52. The van der Waals surface area contributed by atoms with E-state index in [-0.39, 0.29) is 5.91 Å². The fourth-order valence-electron chi connectivity index (χ4n) is 3.63. The van der Waals surface area contributed by atoms with E-state index in [9.17, 15) is 9.59 Å². The van der Waals surface area contributed by atoms with Gasteiger partial charge in [-0.2, -0.15) is 0 Å². The Bertz CT molecular complexity index is 1250. The zero-order valence-electron chi connectivity index (χ0n) is 17.6. The second kappa shape index (κ2) is 8.92. The third-order valence-corrected chi connectivity index (χ3v) is 5.33. The Kier molecular flexibility index (Phi) is 5.51. The van der Waals surface area contributed by atoms with Crippen molar-refractivity contribution < 1.29 is 18.7 Å². The molecule has 0 saturated carbocycles. The normalized spacial score (nSPS) is 14.8. The van der Waals surface area contributed by atoms with Crippen LogP contribution in [0.15, 0.2) is 102 Å². The number of hydrogen-bond acceptors (Lipinski definition) is 5. The largest absolute Gasteiger partial charge is 0.489 e. The molecule has 1 aliphatic rings. The minimum atomic E-state index is -0.681. The predicted molar refractivity (Wildman–Crippen MR) is 122 cm³/mol. The molecular weight excluding hydrogens is 418 g/mol. The standard InChI is InChI=1S/C26H21N3O4/c30-25(19-12-14-20(15-13-19)33-17-18-7-2-1-3-8-18)28-29-24(23-11-6-16-32-23)27-22-10-5-4-9-21(22)26(29)31/h1-16,24,27H,17H2,(H,28,30)/t24-/m0/s1. The predicted octanol–water partition coefficient (Wildman–Crippen LogP) is 4.77. The van der Waals surface area contributed by atoms with E-state index in [1.807, 2.05) is 42.5 Å². The summed E-state index contributed by atoms with van der Waals surface area (Å²) in [6, 6.07) is 27.2. The molecule has 33 heavy (non-hydrogen) atoms. The van der Waals surface area contributed by atoms with Crippen molar-refractivity contribution in [1.29, 1.82) is 0 Å². The van der Waals surface area contributed by atoms with E-state index >= 15 is 0 Å². The topological polar surface area (TPSA) is 83.8 Å². The van der Waals surface area contributed by atoms with Gasteiger partial charge in [0.1, 0.15) is 18.1 Å². The van der Waals surface area contributed by atoms with Crippen molar-refractivity contribution in [2.24, 2.45) is 0 Å². The molecule has 4 aromatic rings. The number of amides is 2. The number of anilines is 1. The number of nitrogens with one attached hydrogen (secondary N) is 2. The molecule has 0 fully saturated rings. The molecule has 2 heterocycles. The van der Waals surface area contributed by atoms with Gasteiger partial charge in [0.05, 0.1) is 11.8 Å². The number of rotatable bonds is 6. The first-order chi connectivity index (χ1) is 16.2. The third-order valence-electron chi connectivity index (χ3n) is 5.33. The van der Waals surface area contributed by atoms with Gasteiger partial charge < -0.3 is 14.5 Å². The Morgan fingerprint density at radius 3 is 2.45 bits per heavy atom. The molecule has 164 valence electrons. The summed E-state index contributed by atoms with van der Waals surface area (Å²) >= 11 is 0. The molecule has 1 aliphatic heterocycles. The van der Waals surface area contributed by atoms with E-state index < -0.39 is 12.1 Å². The van der Waals surface area contributed by atoms with Crippen LogP contribution in [-0.4, -0.2) is 16.8 Å². The number of carbonyl (C=O) groups excluding carboxylic acids is 2. The molecule has 1 atom stereocenters. The van der Waals surface area contributed by atoms with Crippen LogP contribution in [0.3, 0.4) is 0 Å². The SMILES string of the molecule is O=C(NN1C(=O)c2ccccc2N[C@@H]1c1ccco1)c1ccc(OCc2ccccc2)cc1. The Morgan fingerprint density at radius 1 is 0.939 bits per heavy atom. The van der Waals surface area contributed by atoms with Crippen molar-refractivity contribution in [3.63, 3.8) is 0 Å². The molecule has 2 N–H and O–H groups in total. The van der Waals surface area contributed by atoms with Crippen molar-refractivity contribution in [2.45, 2.75) is 12.8 Å². The summed E-state index contributed by atoms with van der Waals surface area (Å²) < 4.78 is 11.3. The maximum absolute atomic E-state index is 13.2. The highest BCUT2D eigenvalue weighted by atomic mass is 16.5. The summed E-state index contributed by atoms with van der Waals surface area (Å²) in [7, 11) is 0. The van der Waals surface area contributed by atoms with Crippen molar-refractivity contribution in [3.05, 3.63) is 120 Å². The molecule has 5 rings (SSSR count). The Hall–Kier alpha value is -4.52. The van der Waals surface area contributed by atoms with E-state index in [1.54, 1.807) is 48.5 Å². The van der Waals surface area contributed by atoms with Gasteiger partial charge in [-0.3, -0.25) is 15.0 Å². The van der Waals surface area contributed by atoms with Gasteiger partial charge in [-0.15, -0.1) is 0 Å². The number of carbonyl (C=O) groups is 2.